The molecule has 84 valence electrons. The van der Waals surface area contributed by atoms with E-state index in [1.54, 1.807) is 0 Å². The minimum absolute atomic E-state index is 0.289. The molecule has 0 aromatic heterocycles. The molecule has 0 aliphatic rings. The molecule has 2 nitrogen and oxygen atoms in total. The van der Waals surface area contributed by atoms with E-state index in [1.807, 2.05) is 19.2 Å². The molecule has 2 atom stereocenters. The highest BCUT2D eigenvalue weighted by Crippen LogP contribution is 2.18. The average molecular weight is 207 g/mol. The Hall–Kier alpha value is -1.02. The molecule has 1 aromatic carbocycles. The largest absolute Gasteiger partial charge is 0.491 e. The predicted octanol–water partition coefficient (Wildman–Crippen LogP) is 3.14. The Bertz CT molecular complexity index is 281. The van der Waals surface area contributed by atoms with Gasteiger partial charge in [-0.1, -0.05) is 19.1 Å². The zero-order valence-electron chi connectivity index (χ0n) is 10.1. The van der Waals surface area contributed by atoms with E-state index in [9.17, 15) is 0 Å². The number of hydrogen-bond acceptors (Lipinski definition) is 2. The topological polar surface area (TPSA) is 21.3 Å². The molecule has 0 radical (unpaired) electrons. The molecule has 0 spiro atoms. The first-order valence-electron chi connectivity index (χ1n) is 5.61. The highest BCUT2D eigenvalue weighted by Gasteiger charge is 2.04. The van der Waals surface area contributed by atoms with Crippen molar-refractivity contribution in [3.05, 3.63) is 29.8 Å². The van der Waals surface area contributed by atoms with E-state index in [1.165, 1.54) is 5.56 Å². The van der Waals surface area contributed by atoms with E-state index in [0.29, 0.717) is 6.04 Å². The third-order valence-corrected chi connectivity index (χ3v) is 2.73. The molecule has 0 aliphatic carbocycles. The monoisotopic (exact) mass is 207 g/mol. The van der Waals surface area contributed by atoms with Crippen LogP contribution in [0.25, 0.3) is 0 Å². The normalized spacial score (nSPS) is 14.7. The average Bonchev–Trinajstić information content (AvgIpc) is 2.29. The van der Waals surface area contributed by atoms with Crippen LogP contribution in [0.2, 0.25) is 0 Å². The van der Waals surface area contributed by atoms with Gasteiger partial charge in [0.1, 0.15) is 5.75 Å². The van der Waals surface area contributed by atoms with Crippen LogP contribution in [0.3, 0.4) is 0 Å². The lowest BCUT2D eigenvalue weighted by Crippen LogP contribution is -2.12. The zero-order valence-corrected chi connectivity index (χ0v) is 10.1. The van der Waals surface area contributed by atoms with Crippen LogP contribution in [0.5, 0.6) is 5.75 Å². The van der Waals surface area contributed by atoms with Gasteiger partial charge in [0.2, 0.25) is 0 Å². The maximum Gasteiger partial charge on any atom is 0.119 e. The van der Waals surface area contributed by atoms with Crippen molar-refractivity contribution < 1.29 is 4.74 Å². The maximum absolute atomic E-state index is 5.71. The molecule has 0 heterocycles. The fraction of sp³-hybridized carbons (Fsp3) is 0.538. The summed E-state index contributed by atoms with van der Waals surface area (Å²) in [4.78, 5) is 0. The van der Waals surface area contributed by atoms with Gasteiger partial charge in [0.15, 0.2) is 0 Å². The van der Waals surface area contributed by atoms with Crippen LogP contribution < -0.4 is 10.1 Å². The molecule has 15 heavy (non-hydrogen) atoms. The fourth-order valence-corrected chi connectivity index (χ4v) is 1.32. The fourth-order valence-electron chi connectivity index (χ4n) is 1.32. The lowest BCUT2D eigenvalue weighted by atomic mass is 10.1. The Labute approximate surface area is 92.6 Å². The van der Waals surface area contributed by atoms with Crippen molar-refractivity contribution in [2.24, 2.45) is 0 Å². The third kappa shape index (κ3) is 3.56. The molecule has 1 N–H and O–H groups in total. The minimum Gasteiger partial charge on any atom is -0.491 e. The Morgan fingerprint density at radius 1 is 1.20 bits per heavy atom. The summed E-state index contributed by atoms with van der Waals surface area (Å²) in [7, 11) is 1.97. The van der Waals surface area contributed by atoms with Crippen molar-refractivity contribution in [2.45, 2.75) is 39.3 Å². The Morgan fingerprint density at radius 2 is 1.80 bits per heavy atom. The zero-order chi connectivity index (χ0) is 11.3. The van der Waals surface area contributed by atoms with Crippen molar-refractivity contribution in [2.75, 3.05) is 7.05 Å². The van der Waals surface area contributed by atoms with E-state index in [2.05, 4.69) is 38.2 Å². The SMILES string of the molecule is CC[C@@H](C)Oc1ccc([C@H](C)NC)cc1. The van der Waals surface area contributed by atoms with Crippen LogP contribution in [0, 0.1) is 0 Å². The van der Waals surface area contributed by atoms with Gasteiger partial charge in [-0.25, -0.2) is 0 Å². The van der Waals surface area contributed by atoms with E-state index in [-0.39, 0.29) is 6.10 Å². The molecule has 0 fully saturated rings. The van der Waals surface area contributed by atoms with Crippen LogP contribution in [0.1, 0.15) is 38.8 Å². The lowest BCUT2D eigenvalue weighted by Gasteiger charge is -2.14. The summed E-state index contributed by atoms with van der Waals surface area (Å²) in [5.41, 5.74) is 1.29. The molecule has 0 aliphatic heterocycles. The maximum atomic E-state index is 5.71. The van der Waals surface area contributed by atoms with E-state index in [0.717, 1.165) is 12.2 Å². The standard InChI is InChI=1S/C13H21NO/c1-5-10(2)15-13-8-6-12(7-9-13)11(3)14-4/h6-11,14H,5H2,1-4H3/t10-,11+/m1/s1. The first kappa shape index (κ1) is 12.1. The van der Waals surface area contributed by atoms with Gasteiger partial charge in [0.25, 0.3) is 0 Å². The first-order chi connectivity index (χ1) is 7.17. The van der Waals surface area contributed by atoms with Crippen LogP contribution in [0.4, 0.5) is 0 Å². The van der Waals surface area contributed by atoms with Crippen LogP contribution in [-0.2, 0) is 0 Å². The molecule has 0 saturated carbocycles. The second kappa shape index (κ2) is 5.76. The van der Waals surface area contributed by atoms with Crippen LogP contribution in [0.15, 0.2) is 24.3 Å². The van der Waals surface area contributed by atoms with Crippen molar-refractivity contribution in [1.29, 1.82) is 0 Å². The highest BCUT2D eigenvalue weighted by atomic mass is 16.5. The van der Waals surface area contributed by atoms with E-state index in [4.69, 9.17) is 4.74 Å². The number of nitrogens with one attached hydrogen (secondary N) is 1. The van der Waals surface area contributed by atoms with Crippen LogP contribution >= 0.6 is 0 Å². The quantitative estimate of drug-likeness (QED) is 0.801. The summed E-state index contributed by atoms with van der Waals surface area (Å²) in [5, 5.41) is 3.21. The number of rotatable bonds is 5. The van der Waals surface area contributed by atoms with E-state index >= 15 is 0 Å². The second-order valence-electron chi connectivity index (χ2n) is 3.92. The van der Waals surface area contributed by atoms with Gasteiger partial charge in [-0.3, -0.25) is 0 Å². The molecule has 1 aromatic rings. The Kier molecular flexibility index (Phi) is 4.63. The van der Waals surface area contributed by atoms with Crippen molar-refractivity contribution >= 4 is 0 Å². The first-order valence-corrected chi connectivity index (χ1v) is 5.61. The van der Waals surface area contributed by atoms with Gasteiger partial charge in [0, 0.05) is 6.04 Å². The Morgan fingerprint density at radius 3 is 2.27 bits per heavy atom. The highest BCUT2D eigenvalue weighted by molar-refractivity contribution is 5.29. The lowest BCUT2D eigenvalue weighted by molar-refractivity contribution is 0.217. The molecule has 0 unspecified atom stereocenters. The van der Waals surface area contributed by atoms with Crippen molar-refractivity contribution in [3.8, 4) is 5.75 Å². The second-order valence-corrected chi connectivity index (χ2v) is 3.92. The van der Waals surface area contributed by atoms with Gasteiger partial charge in [-0.05, 0) is 45.0 Å². The number of benzene rings is 1. The summed E-state index contributed by atoms with van der Waals surface area (Å²) in [6, 6.07) is 8.69. The molecular formula is C13H21NO. The number of hydrogen-bond donors (Lipinski definition) is 1. The van der Waals surface area contributed by atoms with Gasteiger partial charge < -0.3 is 10.1 Å². The van der Waals surface area contributed by atoms with Crippen LogP contribution in [-0.4, -0.2) is 13.2 Å². The summed E-state index contributed by atoms with van der Waals surface area (Å²) in [6.45, 7) is 6.36. The molecule has 0 bridgehead atoms. The Balaban J connectivity index is 2.64. The summed E-state index contributed by atoms with van der Waals surface area (Å²) in [5.74, 6) is 0.955. The third-order valence-electron chi connectivity index (χ3n) is 2.73. The van der Waals surface area contributed by atoms with Gasteiger partial charge in [0.05, 0.1) is 6.10 Å². The van der Waals surface area contributed by atoms with Crippen molar-refractivity contribution in [1.82, 2.24) is 5.32 Å². The van der Waals surface area contributed by atoms with E-state index < -0.39 is 0 Å². The van der Waals surface area contributed by atoms with Gasteiger partial charge in [-0.15, -0.1) is 0 Å². The molecule has 2 heteroatoms. The van der Waals surface area contributed by atoms with Crippen molar-refractivity contribution in [3.63, 3.8) is 0 Å². The number of ether oxygens (including phenoxy) is 1. The van der Waals surface area contributed by atoms with Gasteiger partial charge in [-0.2, -0.15) is 0 Å². The summed E-state index contributed by atoms with van der Waals surface area (Å²) < 4.78 is 5.71. The smallest absolute Gasteiger partial charge is 0.119 e. The molecule has 1 rings (SSSR count). The molecule has 0 amide bonds. The predicted molar refractivity (Wildman–Crippen MR) is 64.3 cm³/mol. The minimum atomic E-state index is 0.289. The van der Waals surface area contributed by atoms with Gasteiger partial charge >= 0.3 is 0 Å². The molecular weight excluding hydrogens is 186 g/mol. The molecule has 0 saturated heterocycles. The summed E-state index contributed by atoms with van der Waals surface area (Å²) in [6.07, 6.45) is 1.33. The summed E-state index contributed by atoms with van der Waals surface area (Å²) >= 11 is 0.